The van der Waals surface area contributed by atoms with E-state index in [1.165, 1.54) is 0 Å². The average Bonchev–Trinajstić information content (AvgIpc) is 3.40. The van der Waals surface area contributed by atoms with Crippen molar-refractivity contribution >= 4 is 17.7 Å². The molecule has 0 spiro atoms. The fourth-order valence-corrected chi connectivity index (χ4v) is 4.11. The molecule has 2 heterocycles. The topological polar surface area (TPSA) is 73.0 Å². The van der Waals surface area contributed by atoms with E-state index in [-0.39, 0.29) is 23.8 Å². The van der Waals surface area contributed by atoms with E-state index in [2.05, 4.69) is 10.2 Å². The molecule has 4 rings (SSSR count). The predicted molar refractivity (Wildman–Crippen MR) is 110 cm³/mol. The van der Waals surface area contributed by atoms with Crippen LogP contribution in [0.3, 0.4) is 0 Å². The molecule has 1 aromatic rings. The first-order valence-electron chi connectivity index (χ1n) is 10.8. The van der Waals surface area contributed by atoms with E-state index in [1.807, 2.05) is 16.7 Å². The first kappa shape index (κ1) is 19.9. The Morgan fingerprint density at radius 1 is 0.862 bits per heavy atom. The highest BCUT2D eigenvalue weighted by atomic mass is 16.2. The summed E-state index contributed by atoms with van der Waals surface area (Å²) in [6.45, 7) is 6.35. The number of piperazine rings is 1. The molecule has 2 aliphatic heterocycles. The molecule has 0 aromatic heterocycles. The molecule has 2 saturated heterocycles. The third-order valence-electron chi connectivity index (χ3n) is 6.23. The maximum atomic E-state index is 12.8. The number of nitrogens with one attached hydrogen (secondary N) is 1. The summed E-state index contributed by atoms with van der Waals surface area (Å²) >= 11 is 0. The molecular formula is C22H30N4O3. The number of nitrogens with zero attached hydrogens (tertiary/aromatic N) is 3. The standard InChI is InChI=1S/C22H30N4O3/c1-16(21(28)25-10-2-3-11-25)24-12-14-26(15-13-24)22(29)18-6-4-17(5-7-18)20(27)23-19-8-9-19/h4-7,16,19H,2-3,8-15H2,1H3,(H,23,27). The van der Waals surface area contributed by atoms with Crippen LogP contribution in [0.2, 0.25) is 0 Å². The van der Waals surface area contributed by atoms with Crippen LogP contribution in [0.15, 0.2) is 24.3 Å². The predicted octanol–water partition coefficient (Wildman–Crippen LogP) is 1.35. The van der Waals surface area contributed by atoms with Crippen molar-refractivity contribution in [2.75, 3.05) is 39.3 Å². The van der Waals surface area contributed by atoms with Crippen LogP contribution < -0.4 is 5.32 Å². The van der Waals surface area contributed by atoms with Gasteiger partial charge in [-0.2, -0.15) is 0 Å². The summed E-state index contributed by atoms with van der Waals surface area (Å²) in [5, 5.41) is 2.96. The monoisotopic (exact) mass is 398 g/mol. The number of likely N-dealkylation sites (tertiary alicyclic amines) is 1. The second-order valence-electron chi connectivity index (χ2n) is 8.36. The SMILES string of the molecule is CC(C(=O)N1CCCC1)N1CCN(C(=O)c2ccc(C(=O)NC3CC3)cc2)CC1. The molecule has 1 aliphatic carbocycles. The molecule has 7 nitrogen and oxygen atoms in total. The van der Waals surface area contributed by atoms with Crippen molar-refractivity contribution in [3.63, 3.8) is 0 Å². The van der Waals surface area contributed by atoms with Gasteiger partial charge in [-0.05, 0) is 56.9 Å². The molecule has 1 unspecified atom stereocenters. The third kappa shape index (κ3) is 4.61. The summed E-state index contributed by atoms with van der Waals surface area (Å²) in [6, 6.07) is 7.09. The first-order chi connectivity index (χ1) is 14.0. The van der Waals surface area contributed by atoms with Crippen molar-refractivity contribution in [3.8, 4) is 0 Å². The molecule has 29 heavy (non-hydrogen) atoms. The summed E-state index contributed by atoms with van der Waals surface area (Å²) in [5.41, 5.74) is 1.19. The minimum Gasteiger partial charge on any atom is -0.349 e. The molecule has 1 atom stereocenters. The van der Waals surface area contributed by atoms with Gasteiger partial charge in [-0.25, -0.2) is 0 Å². The largest absolute Gasteiger partial charge is 0.349 e. The van der Waals surface area contributed by atoms with Gasteiger partial charge in [0.05, 0.1) is 6.04 Å². The maximum Gasteiger partial charge on any atom is 0.253 e. The Balaban J connectivity index is 1.29. The highest BCUT2D eigenvalue weighted by Gasteiger charge is 2.31. The van der Waals surface area contributed by atoms with Gasteiger partial charge in [0.15, 0.2) is 0 Å². The van der Waals surface area contributed by atoms with Crippen LogP contribution in [0.25, 0.3) is 0 Å². The smallest absolute Gasteiger partial charge is 0.253 e. The molecule has 1 N–H and O–H groups in total. The molecule has 7 heteroatoms. The molecule has 3 amide bonds. The van der Waals surface area contributed by atoms with Gasteiger partial charge < -0.3 is 15.1 Å². The quantitative estimate of drug-likeness (QED) is 0.813. The molecule has 1 aromatic carbocycles. The van der Waals surface area contributed by atoms with E-state index in [0.29, 0.717) is 43.3 Å². The highest BCUT2D eigenvalue weighted by molar-refractivity contribution is 5.98. The van der Waals surface area contributed by atoms with Crippen molar-refractivity contribution in [1.29, 1.82) is 0 Å². The minimum atomic E-state index is -0.130. The second-order valence-corrected chi connectivity index (χ2v) is 8.36. The van der Waals surface area contributed by atoms with Crippen molar-refractivity contribution < 1.29 is 14.4 Å². The molecule has 0 radical (unpaired) electrons. The molecule has 156 valence electrons. The molecule has 1 saturated carbocycles. The van der Waals surface area contributed by atoms with E-state index in [4.69, 9.17) is 0 Å². The van der Waals surface area contributed by atoms with E-state index in [1.54, 1.807) is 24.3 Å². The lowest BCUT2D eigenvalue weighted by Crippen LogP contribution is -2.55. The zero-order valence-corrected chi connectivity index (χ0v) is 17.1. The lowest BCUT2D eigenvalue weighted by atomic mass is 10.1. The van der Waals surface area contributed by atoms with Crippen molar-refractivity contribution in [1.82, 2.24) is 20.0 Å². The Morgan fingerprint density at radius 2 is 1.45 bits per heavy atom. The van der Waals surface area contributed by atoms with Gasteiger partial charge >= 0.3 is 0 Å². The van der Waals surface area contributed by atoms with Gasteiger partial charge in [-0.3, -0.25) is 19.3 Å². The lowest BCUT2D eigenvalue weighted by Gasteiger charge is -2.38. The van der Waals surface area contributed by atoms with Gasteiger partial charge in [0.1, 0.15) is 0 Å². The average molecular weight is 399 g/mol. The van der Waals surface area contributed by atoms with Crippen LogP contribution in [-0.2, 0) is 4.79 Å². The number of hydrogen-bond donors (Lipinski definition) is 1. The Kier molecular flexibility index (Phi) is 5.85. The van der Waals surface area contributed by atoms with E-state index in [9.17, 15) is 14.4 Å². The molecular weight excluding hydrogens is 368 g/mol. The Morgan fingerprint density at radius 3 is 2.03 bits per heavy atom. The molecule has 0 bridgehead atoms. The van der Waals surface area contributed by atoms with Crippen molar-refractivity contribution in [3.05, 3.63) is 35.4 Å². The van der Waals surface area contributed by atoms with Crippen LogP contribution in [0.5, 0.6) is 0 Å². The Labute approximate surface area is 172 Å². The zero-order chi connectivity index (χ0) is 20.4. The van der Waals surface area contributed by atoms with Gasteiger partial charge in [0, 0.05) is 56.4 Å². The number of hydrogen-bond acceptors (Lipinski definition) is 4. The second kappa shape index (κ2) is 8.53. The lowest BCUT2D eigenvalue weighted by molar-refractivity contribution is -0.135. The number of rotatable bonds is 5. The minimum absolute atomic E-state index is 0.0164. The Hall–Kier alpha value is -2.41. The summed E-state index contributed by atoms with van der Waals surface area (Å²) in [7, 11) is 0. The zero-order valence-electron chi connectivity index (χ0n) is 17.1. The molecule has 3 aliphatic rings. The van der Waals surface area contributed by atoms with Crippen LogP contribution in [-0.4, -0.2) is 83.8 Å². The number of benzene rings is 1. The third-order valence-corrected chi connectivity index (χ3v) is 6.23. The van der Waals surface area contributed by atoms with Crippen LogP contribution in [0.4, 0.5) is 0 Å². The summed E-state index contributed by atoms with van der Waals surface area (Å²) in [4.78, 5) is 43.5. The summed E-state index contributed by atoms with van der Waals surface area (Å²) < 4.78 is 0. The van der Waals surface area contributed by atoms with Crippen LogP contribution in [0.1, 0.15) is 53.3 Å². The van der Waals surface area contributed by atoms with Crippen molar-refractivity contribution in [2.45, 2.75) is 44.7 Å². The summed E-state index contributed by atoms with van der Waals surface area (Å²) in [6.07, 6.45) is 4.30. The van der Waals surface area contributed by atoms with E-state index < -0.39 is 0 Å². The molecule has 3 fully saturated rings. The maximum absolute atomic E-state index is 12.8. The van der Waals surface area contributed by atoms with Crippen LogP contribution >= 0.6 is 0 Å². The number of carbonyl (C=O) groups excluding carboxylic acids is 3. The van der Waals surface area contributed by atoms with Gasteiger partial charge in [-0.15, -0.1) is 0 Å². The number of amides is 3. The fourth-order valence-electron chi connectivity index (χ4n) is 4.11. The number of carbonyl (C=O) groups is 3. The van der Waals surface area contributed by atoms with Gasteiger partial charge in [-0.1, -0.05) is 0 Å². The highest BCUT2D eigenvalue weighted by Crippen LogP contribution is 2.20. The summed E-state index contributed by atoms with van der Waals surface area (Å²) in [5.74, 6) is 0.122. The van der Waals surface area contributed by atoms with E-state index >= 15 is 0 Å². The first-order valence-corrected chi connectivity index (χ1v) is 10.8. The van der Waals surface area contributed by atoms with E-state index in [0.717, 1.165) is 38.8 Å². The fraction of sp³-hybridized carbons (Fsp3) is 0.591. The van der Waals surface area contributed by atoms with Crippen molar-refractivity contribution in [2.24, 2.45) is 0 Å². The normalized spacial score (nSPS) is 21.1. The van der Waals surface area contributed by atoms with Gasteiger partial charge in [0.25, 0.3) is 11.8 Å². The van der Waals surface area contributed by atoms with Gasteiger partial charge in [0.2, 0.25) is 5.91 Å². The Bertz CT molecular complexity index is 761. The van der Waals surface area contributed by atoms with Crippen LogP contribution in [0, 0.1) is 0 Å².